The molecule has 0 bridgehead atoms. The van der Waals surface area contributed by atoms with Crippen LogP contribution in [0.2, 0.25) is 10.0 Å². The van der Waals surface area contributed by atoms with E-state index in [1.54, 1.807) is 12.1 Å². The van der Waals surface area contributed by atoms with E-state index in [4.69, 9.17) is 28.9 Å². The van der Waals surface area contributed by atoms with Crippen LogP contribution in [0.25, 0.3) is 11.6 Å². The Balaban J connectivity index is 1.97. The summed E-state index contributed by atoms with van der Waals surface area (Å²) in [5.74, 6) is 0.233. The lowest BCUT2D eigenvalue weighted by Crippen LogP contribution is -1.86. The molecule has 0 atom stereocenters. The molecule has 1 aliphatic carbocycles. The molecule has 0 saturated heterocycles. The third-order valence-electron chi connectivity index (χ3n) is 3.23. The molecule has 0 fully saturated rings. The van der Waals surface area contributed by atoms with Gasteiger partial charge in [-0.15, -0.1) is 10.2 Å². The molecule has 1 aromatic carbocycles. The largest absolute Gasteiger partial charge is 0.507 e. The molecule has 0 aliphatic heterocycles. The van der Waals surface area contributed by atoms with Gasteiger partial charge in [-0.1, -0.05) is 40.6 Å². The van der Waals surface area contributed by atoms with Crippen molar-refractivity contribution in [3.05, 3.63) is 50.1 Å². The Bertz CT molecular complexity index is 767. The minimum absolute atomic E-state index is 0.233. The van der Waals surface area contributed by atoms with Gasteiger partial charge in [0.05, 0.1) is 0 Å². The molecular weight excluding hydrogens is 329 g/mol. The van der Waals surface area contributed by atoms with E-state index in [1.807, 2.05) is 12.1 Å². The number of nitrogens with zero attached hydrogens (tertiary/aromatic N) is 2. The van der Waals surface area contributed by atoms with Gasteiger partial charge >= 0.3 is 0 Å². The molecular formula is C14H11Cl2N3OS. The van der Waals surface area contributed by atoms with Crippen LogP contribution in [0.15, 0.2) is 29.5 Å². The summed E-state index contributed by atoms with van der Waals surface area (Å²) in [4.78, 5) is 0. The summed E-state index contributed by atoms with van der Waals surface area (Å²) in [7, 11) is 0. The highest BCUT2D eigenvalue weighted by atomic mass is 35.5. The number of aliphatic hydroxyl groups excluding tert-OH is 1. The van der Waals surface area contributed by atoms with Gasteiger partial charge < -0.3 is 10.8 Å². The van der Waals surface area contributed by atoms with Crippen LogP contribution < -0.4 is 5.73 Å². The summed E-state index contributed by atoms with van der Waals surface area (Å²) >= 11 is 13.3. The number of aliphatic hydroxyl groups is 1. The minimum atomic E-state index is 0.233. The van der Waals surface area contributed by atoms with Crippen molar-refractivity contribution in [2.24, 2.45) is 0 Å². The Hall–Kier alpha value is -1.56. The number of aromatic nitrogens is 2. The molecule has 3 rings (SSSR count). The number of allylic oxidation sites excluding steroid dienone is 2. The maximum atomic E-state index is 10.4. The summed E-state index contributed by atoms with van der Waals surface area (Å²) in [5.41, 5.74) is 8.00. The predicted molar refractivity (Wildman–Crippen MR) is 87.5 cm³/mol. The molecule has 4 nitrogen and oxygen atoms in total. The van der Waals surface area contributed by atoms with E-state index < -0.39 is 0 Å². The normalized spacial score (nSPS) is 17.0. The molecule has 108 valence electrons. The van der Waals surface area contributed by atoms with E-state index in [1.165, 1.54) is 11.3 Å². The number of benzene rings is 1. The lowest BCUT2D eigenvalue weighted by Gasteiger charge is -2.02. The first-order valence-corrected chi connectivity index (χ1v) is 7.79. The maximum absolute atomic E-state index is 10.4. The summed E-state index contributed by atoms with van der Waals surface area (Å²) in [6.45, 7) is 0. The summed E-state index contributed by atoms with van der Waals surface area (Å²) < 4.78 is 0. The summed E-state index contributed by atoms with van der Waals surface area (Å²) in [6, 6.07) is 5.27. The highest BCUT2D eigenvalue weighted by Crippen LogP contribution is 2.39. The molecule has 0 radical (unpaired) electrons. The van der Waals surface area contributed by atoms with E-state index >= 15 is 0 Å². The number of nitrogen functional groups attached to an aromatic ring is 1. The van der Waals surface area contributed by atoms with Crippen molar-refractivity contribution >= 4 is 51.3 Å². The van der Waals surface area contributed by atoms with E-state index in [0.717, 1.165) is 23.1 Å². The number of rotatable bonds is 2. The number of halogens is 2. The molecule has 21 heavy (non-hydrogen) atoms. The smallest absolute Gasteiger partial charge is 0.203 e. The summed E-state index contributed by atoms with van der Waals surface area (Å²) in [6.07, 6.45) is 3.29. The van der Waals surface area contributed by atoms with Gasteiger partial charge in [-0.25, -0.2) is 0 Å². The molecule has 3 N–H and O–H groups in total. The van der Waals surface area contributed by atoms with Gasteiger partial charge in [0.1, 0.15) is 10.8 Å². The highest BCUT2D eigenvalue weighted by Gasteiger charge is 2.23. The van der Waals surface area contributed by atoms with Crippen LogP contribution in [0.1, 0.15) is 23.4 Å². The fourth-order valence-electron chi connectivity index (χ4n) is 2.20. The second-order valence-electron chi connectivity index (χ2n) is 4.61. The van der Waals surface area contributed by atoms with Crippen molar-refractivity contribution in [2.75, 3.05) is 5.73 Å². The molecule has 7 heteroatoms. The Morgan fingerprint density at radius 3 is 2.71 bits per heavy atom. The first-order valence-electron chi connectivity index (χ1n) is 6.22. The van der Waals surface area contributed by atoms with Gasteiger partial charge in [0, 0.05) is 15.6 Å². The first kappa shape index (κ1) is 14.4. The van der Waals surface area contributed by atoms with Crippen LogP contribution in [0, 0.1) is 0 Å². The van der Waals surface area contributed by atoms with Crippen molar-refractivity contribution in [3.63, 3.8) is 0 Å². The maximum Gasteiger partial charge on any atom is 0.203 e. The quantitative estimate of drug-likeness (QED) is 0.840. The Morgan fingerprint density at radius 1 is 1.24 bits per heavy atom. The molecule has 0 unspecified atom stereocenters. The second-order valence-corrected chi connectivity index (χ2v) is 6.46. The lowest BCUT2D eigenvalue weighted by molar-refractivity contribution is 0.429. The van der Waals surface area contributed by atoms with E-state index in [2.05, 4.69) is 10.2 Å². The lowest BCUT2D eigenvalue weighted by atomic mass is 10.1. The SMILES string of the molecule is Nc1nnc(C2=C(O)/C(=C/c3ccc(Cl)cc3Cl)CC2)s1. The Labute approximate surface area is 135 Å². The molecule has 1 aliphatic rings. The van der Waals surface area contributed by atoms with Crippen molar-refractivity contribution < 1.29 is 5.11 Å². The number of nitrogens with two attached hydrogens (primary N) is 1. The van der Waals surface area contributed by atoms with Crippen molar-refractivity contribution in [3.8, 4) is 0 Å². The van der Waals surface area contributed by atoms with E-state index in [-0.39, 0.29) is 5.76 Å². The third-order valence-corrected chi connectivity index (χ3v) is 4.60. The average Bonchev–Trinajstić information content (AvgIpc) is 3.00. The number of hydrogen-bond acceptors (Lipinski definition) is 5. The van der Waals surface area contributed by atoms with Crippen molar-refractivity contribution in [1.82, 2.24) is 10.2 Å². The molecule has 1 heterocycles. The summed E-state index contributed by atoms with van der Waals surface area (Å²) in [5, 5.41) is 20.3. The Kier molecular flexibility index (Phi) is 3.89. The molecule has 0 saturated carbocycles. The first-order chi connectivity index (χ1) is 10.0. The molecule has 1 aromatic heterocycles. The van der Waals surface area contributed by atoms with Crippen LogP contribution >= 0.6 is 34.5 Å². The minimum Gasteiger partial charge on any atom is -0.507 e. The highest BCUT2D eigenvalue weighted by molar-refractivity contribution is 7.16. The van der Waals surface area contributed by atoms with Crippen LogP contribution in [-0.2, 0) is 0 Å². The van der Waals surface area contributed by atoms with Crippen LogP contribution in [0.3, 0.4) is 0 Å². The standard InChI is InChI=1S/C14H11Cl2N3OS/c15-9-3-1-7(11(16)6-9)5-8-2-4-10(12(8)20)13-18-19-14(17)21-13/h1,3,5-6,20H,2,4H2,(H2,17,19)/b8-5+. The second kappa shape index (κ2) is 5.67. The predicted octanol–water partition coefficient (Wildman–Crippen LogP) is 4.57. The molecule has 0 spiro atoms. The van der Waals surface area contributed by atoms with Gasteiger partial charge in [-0.2, -0.15) is 0 Å². The monoisotopic (exact) mass is 339 g/mol. The zero-order valence-electron chi connectivity index (χ0n) is 10.8. The molecule has 2 aromatic rings. The van der Waals surface area contributed by atoms with Gasteiger partial charge in [0.25, 0.3) is 0 Å². The van der Waals surface area contributed by atoms with Gasteiger partial charge in [-0.3, -0.25) is 0 Å². The van der Waals surface area contributed by atoms with Crippen LogP contribution in [-0.4, -0.2) is 15.3 Å². The average molecular weight is 340 g/mol. The van der Waals surface area contributed by atoms with Gasteiger partial charge in [-0.05, 0) is 42.2 Å². The van der Waals surface area contributed by atoms with Crippen LogP contribution in [0.4, 0.5) is 5.13 Å². The van der Waals surface area contributed by atoms with Crippen molar-refractivity contribution in [2.45, 2.75) is 12.8 Å². The van der Waals surface area contributed by atoms with Crippen LogP contribution in [0.5, 0.6) is 0 Å². The topological polar surface area (TPSA) is 72.0 Å². The fourth-order valence-corrected chi connectivity index (χ4v) is 3.35. The van der Waals surface area contributed by atoms with E-state index in [9.17, 15) is 5.11 Å². The van der Waals surface area contributed by atoms with Gasteiger partial charge in [0.2, 0.25) is 5.13 Å². The van der Waals surface area contributed by atoms with Crippen molar-refractivity contribution in [1.29, 1.82) is 0 Å². The van der Waals surface area contributed by atoms with Gasteiger partial charge in [0.15, 0.2) is 0 Å². The third kappa shape index (κ3) is 2.90. The Morgan fingerprint density at radius 2 is 2.05 bits per heavy atom. The fraction of sp³-hybridized carbons (Fsp3) is 0.143. The number of anilines is 1. The number of hydrogen-bond donors (Lipinski definition) is 2. The molecule has 0 amide bonds. The van der Waals surface area contributed by atoms with E-state index in [0.29, 0.717) is 26.6 Å². The zero-order chi connectivity index (χ0) is 15.0. The zero-order valence-corrected chi connectivity index (χ0v) is 13.1.